The van der Waals surface area contributed by atoms with Crippen LogP contribution in [0.15, 0.2) is 115 Å². The van der Waals surface area contributed by atoms with Crippen LogP contribution in [0.2, 0.25) is 0 Å². The Bertz CT molecular complexity index is 2440. The molecule has 0 saturated carbocycles. The van der Waals surface area contributed by atoms with E-state index in [0.717, 1.165) is 0 Å². The first-order chi connectivity index (χ1) is 20.2. The van der Waals surface area contributed by atoms with E-state index in [-0.39, 0.29) is 6.85 Å². The van der Waals surface area contributed by atoms with Gasteiger partial charge in [0.1, 0.15) is 0 Å². The van der Waals surface area contributed by atoms with Gasteiger partial charge in [-0.1, -0.05) is 90.5 Å². The molecule has 41 heavy (non-hydrogen) atoms. The zero-order chi connectivity index (χ0) is 27.0. The number of rotatable bonds is 1. The maximum absolute atomic E-state index is 2.65. The van der Waals surface area contributed by atoms with Gasteiger partial charge in [-0.05, 0) is 77.4 Å². The fourth-order valence-electron chi connectivity index (χ4n) is 8.16. The lowest BCUT2D eigenvalue weighted by Crippen LogP contribution is -2.55. The standard InChI is InChI=1S/C38H25BN2/c1-22-18-23(2)36-29(19-22)28-14-8-15-32-38(28)40(36)34-17-9-13-27-31-21-25(24-10-4-3-5-11-24)20-30-26-12-6-7-16-33(26)41(37(30)31)39(32)35(27)34/h3-21H,1-2H3. The molecule has 0 unspecified atom stereocenters. The summed E-state index contributed by atoms with van der Waals surface area (Å²) < 4.78 is 5.22. The zero-order valence-corrected chi connectivity index (χ0v) is 22.9. The highest BCUT2D eigenvalue weighted by molar-refractivity contribution is 6.90. The van der Waals surface area contributed by atoms with Crippen molar-refractivity contribution in [3.63, 3.8) is 0 Å². The largest absolute Gasteiger partial charge is 0.375 e. The summed E-state index contributed by atoms with van der Waals surface area (Å²) in [5.74, 6) is 0. The van der Waals surface area contributed by atoms with Crippen molar-refractivity contribution in [1.29, 1.82) is 0 Å². The highest BCUT2D eigenvalue weighted by atomic mass is 15.0. The Kier molecular flexibility index (Phi) is 3.92. The second-order valence-electron chi connectivity index (χ2n) is 11.9. The molecule has 2 aliphatic heterocycles. The van der Waals surface area contributed by atoms with Crippen LogP contribution in [0.1, 0.15) is 11.1 Å². The lowest BCUT2D eigenvalue weighted by molar-refractivity contribution is 1.16. The van der Waals surface area contributed by atoms with Crippen molar-refractivity contribution in [2.24, 2.45) is 0 Å². The van der Waals surface area contributed by atoms with Gasteiger partial charge in [0, 0.05) is 43.8 Å². The van der Waals surface area contributed by atoms with E-state index in [1.54, 1.807) is 0 Å². The van der Waals surface area contributed by atoms with Crippen molar-refractivity contribution in [3.05, 3.63) is 126 Å². The van der Waals surface area contributed by atoms with Crippen molar-refractivity contribution < 1.29 is 0 Å². The van der Waals surface area contributed by atoms with E-state index in [1.165, 1.54) is 93.6 Å². The second-order valence-corrected chi connectivity index (χ2v) is 11.9. The Morgan fingerprint density at radius 1 is 0.537 bits per heavy atom. The second kappa shape index (κ2) is 7.38. The van der Waals surface area contributed by atoms with Gasteiger partial charge in [0.25, 0.3) is 0 Å². The Balaban J connectivity index is 1.44. The van der Waals surface area contributed by atoms with Crippen LogP contribution in [0.5, 0.6) is 0 Å². The Labute approximate surface area is 238 Å². The van der Waals surface area contributed by atoms with Gasteiger partial charge >= 0.3 is 6.85 Å². The summed E-state index contributed by atoms with van der Waals surface area (Å²) in [5, 5.41) is 5.35. The van der Waals surface area contributed by atoms with E-state index < -0.39 is 0 Å². The maximum atomic E-state index is 2.65. The minimum absolute atomic E-state index is 0.112. The van der Waals surface area contributed by atoms with Gasteiger partial charge in [0.15, 0.2) is 0 Å². The number of benzene rings is 6. The molecule has 4 heterocycles. The molecule has 2 aliphatic rings. The van der Waals surface area contributed by atoms with E-state index in [0.29, 0.717) is 0 Å². The molecule has 0 bridgehead atoms. The predicted octanol–water partition coefficient (Wildman–Crippen LogP) is 8.12. The minimum Gasteiger partial charge on any atom is -0.375 e. The van der Waals surface area contributed by atoms with Crippen molar-refractivity contribution in [3.8, 4) is 27.9 Å². The van der Waals surface area contributed by atoms with Gasteiger partial charge in [0.2, 0.25) is 0 Å². The first-order valence-corrected chi connectivity index (χ1v) is 14.5. The molecule has 0 radical (unpaired) electrons. The van der Waals surface area contributed by atoms with E-state index >= 15 is 0 Å². The topological polar surface area (TPSA) is 9.86 Å². The van der Waals surface area contributed by atoms with Crippen LogP contribution in [-0.2, 0) is 0 Å². The van der Waals surface area contributed by atoms with Crippen molar-refractivity contribution in [2.75, 3.05) is 0 Å². The van der Waals surface area contributed by atoms with Gasteiger partial charge in [0.05, 0.1) is 11.0 Å². The predicted molar refractivity (Wildman–Crippen MR) is 175 cm³/mol. The van der Waals surface area contributed by atoms with Gasteiger partial charge in [-0.2, -0.15) is 0 Å². The van der Waals surface area contributed by atoms with Crippen LogP contribution < -0.4 is 10.9 Å². The first kappa shape index (κ1) is 21.8. The molecule has 2 aromatic heterocycles. The lowest BCUT2D eigenvalue weighted by atomic mass is 9.45. The SMILES string of the molecule is Cc1cc(C)c2c(c1)c1cccc3c1n2-c1cccc2c1B3n1c3ccccc3c3cc(-c4ccccc4)cc-2c31. The van der Waals surface area contributed by atoms with Crippen molar-refractivity contribution in [2.45, 2.75) is 13.8 Å². The third-order valence-corrected chi connectivity index (χ3v) is 9.60. The summed E-state index contributed by atoms with van der Waals surface area (Å²) in [4.78, 5) is 0. The van der Waals surface area contributed by atoms with E-state index in [9.17, 15) is 0 Å². The minimum atomic E-state index is 0.112. The average molecular weight is 520 g/mol. The summed E-state index contributed by atoms with van der Waals surface area (Å²) in [6.45, 7) is 4.59. The third-order valence-electron chi connectivity index (χ3n) is 9.60. The van der Waals surface area contributed by atoms with Crippen LogP contribution in [-0.4, -0.2) is 15.9 Å². The molecule has 2 nitrogen and oxygen atoms in total. The van der Waals surface area contributed by atoms with Crippen LogP contribution >= 0.6 is 0 Å². The van der Waals surface area contributed by atoms with Crippen LogP contribution in [0.3, 0.4) is 0 Å². The van der Waals surface area contributed by atoms with Crippen LogP contribution in [0, 0.1) is 13.8 Å². The first-order valence-electron chi connectivity index (χ1n) is 14.5. The highest BCUT2D eigenvalue weighted by Crippen LogP contribution is 2.45. The van der Waals surface area contributed by atoms with Gasteiger partial charge in [-0.15, -0.1) is 0 Å². The number of nitrogens with zero attached hydrogens (tertiary/aromatic N) is 2. The molecule has 0 amide bonds. The number of hydrogen-bond acceptors (Lipinski definition) is 0. The lowest BCUT2D eigenvalue weighted by Gasteiger charge is -2.34. The number of aryl methyl sites for hydroxylation is 2. The fourth-order valence-corrected chi connectivity index (χ4v) is 8.16. The summed E-state index contributed by atoms with van der Waals surface area (Å²) in [7, 11) is 0. The Morgan fingerprint density at radius 3 is 2.22 bits per heavy atom. The van der Waals surface area contributed by atoms with Crippen molar-refractivity contribution in [1.82, 2.24) is 9.05 Å². The number of fused-ring (bicyclic) bond motifs is 10. The number of para-hydroxylation sites is 2. The quantitative estimate of drug-likeness (QED) is 0.194. The van der Waals surface area contributed by atoms with Gasteiger partial charge in [-0.25, -0.2) is 0 Å². The van der Waals surface area contributed by atoms with Crippen LogP contribution in [0.4, 0.5) is 0 Å². The summed E-state index contributed by atoms with van der Waals surface area (Å²) in [6, 6.07) is 43.3. The average Bonchev–Trinajstić information content (AvgIpc) is 3.52. The molecule has 0 saturated heterocycles. The number of hydrogen-bond donors (Lipinski definition) is 0. The molecule has 0 N–H and O–H groups in total. The third kappa shape index (κ3) is 2.56. The maximum Gasteiger partial charge on any atom is 0.333 e. The monoisotopic (exact) mass is 520 g/mol. The van der Waals surface area contributed by atoms with Crippen molar-refractivity contribution >= 4 is 61.4 Å². The van der Waals surface area contributed by atoms with E-state index in [2.05, 4.69) is 138 Å². The van der Waals surface area contributed by atoms with Crippen LogP contribution in [0.25, 0.3) is 71.6 Å². The normalized spacial score (nSPS) is 13.1. The Morgan fingerprint density at radius 2 is 1.32 bits per heavy atom. The number of aromatic nitrogens is 2. The molecule has 190 valence electrons. The summed E-state index contributed by atoms with van der Waals surface area (Å²) >= 11 is 0. The molecule has 6 aromatic carbocycles. The molecule has 0 spiro atoms. The zero-order valence-electron chi connectivity index (χ0n) is 22.9. The van der Waals surface area contributed by atoms with Gasteiger partial charge in [-0.3, -0.25) is 0 Å². The molecule has 3 heteroatoms. The molecule has 8 aromatic rings. The molecule has 0 atom stereocenters. The Hall–Kier alpha value is -5.02. The summed E-state index contributed by atoms with van der Waals surface area (Å²) in [5.41, 5.74) is 17.3. The summed E-state index contributed by atoms with van der Waals surface area (Å²) in [6.07, 6.45) is 0. The smallest absolute Gasteiger partial charge is 0.333 e. The van der Waals surface area contributed by atoms with E-state index in [4.69, 9.17) is 0 Å². The highest BCUT2D eigenvalue weighted by Gasteiger charge is 2.41. The molecule has 0 fully saturated rings. The fraction of sp³-hybridized carbons (Fsp3) is 0.0526. The molecule has 0 aliphatic carbocycles. The van der Waals surface area contributed by atoms with E-state index in [1.807, 2.05) is 0 Å². The molecular weight excluding hydrogens is 495 g/mol. The molecule has 10 rings (SSSR count). The van der Waals surface area contributed by atoms with Gasteiger partial charge < -0.3 is 9.05 Å². The molecular formula is C38H25BN2.